The highest BCUT2D eigenvalue weighted by atomic mass is 35.5. The van der Waals surface area contributed by atoms with Gasteiger partial charge in [0.15, 0.2) is 0 Å². The van der Waals surface area contributed by atoms with Crippen LogP contribution in [0.1, 0.15) is 49.2 Å². The third-order valence-corrected chi connectivity index (χ3v) is 6.69. The third-order valence-electron chi connectivity index (χ3n) is 4.84. The van der Waals surface area contributed by atoms with E-state index in [-0.39, 0.29) is 39.3 Å². The van der Waals surface area contributed by atoms with Crippen LogP contribution in [0.3, 0.4) is 0 Å². The number of rotatable bonds is 7. The number of anilines is 1. The average Bonchev–Trinajstić information content (AvgIpc) is 2.61. The van der Waals surface area contributed by atoms with Gasteiger partial charge in [-0.2, -0.15) is 0 Å². The summed E-state index contributed by atoms with van der Waals surface area (Å²) < 4.78 is 28.5. The lowest BCUT2D eigenvalue weighted by atomic mass is 9.93. The molecule has 0 heterocycles. The van der Waals surface area contributed by atoms with Crippen molar-refractivity contribution in [1.82, 2.24) is 5.32 Å². The lowest BCUT2D eigenvalue weighted by molar-refractivity contribution is 0.0910. The second-order valence-corrected chi connectivity index (χ2v) is 10.1. The Morgan fingerprint density at radius 2 is 1.59 bits per heavy atom. The lowest BCUT2D eigenvalue weighted by Crippen LogP contribution is -2.42. The number of sulfonamides is 1. The minimum absolute atomic E-state index is 0.0217. The molecule has 2 rings (SSSR count). The van der Waals surface area contributed by atoms with Gasteiger partial charge < -0.3 is 5.32 Å². The van der Waals surface area contributed by atoms with Crippen molar-refractivity contribution in [3.05, 3.63) is 58.1 Å². The Morgan fingerprint density at radius 3 is 2.14 bits per heavy atom. The van der Waals surface area contributed by atoms with Gasteiger partial charge in [-0.05, 0) is 55.5 Å². The van der Waals surface area contributed by atoms with E-state index in [0.29, 0.717) is 5.69 Å². The van der Waals surface area contributed by atoms with Crippen LogP contribution in [0.2, 0.25) is 5.02 Å². The van der Waals surface area contributed by atoms with E-state index in [2.05, 4.69) is 10.0 Å². The molecule has 7 heteroatoms. The zero-order valence-electron chi connectivity index (χ0n) is 17.7. The molecular weight excluding hydrogens is 408 g/mol. The molecule has 0 aromatic heterocycles. The van der Waals surface area contributed by atoms with Crippen LogP contribution in [-0.2, 0) is 10.0 Å². The molecule has 158 valence electrons. The fourth-order valence-corrected chi connectivity index (χ4v) is 4.97. The van der Waals surface area contributed by atoms with Gasteiger partial charge in [0.05, 0.1) is 10.7 Å². The summed E-state index contributed by atoms with van der Waals surface area (Å²) >= 11 is 6.17. The summed E-state index contributed by atoms with van der Waals surface area (Å²) in [5.41, 5.74) is 2.56. The van der Waals surface area contributed by atoms with E-state index in [1.807, 2.05) is 53.7 Å². The van der Waals surface area contributed by atoms with E-state index in [9.17, 15) is 13.2 Å². The van der Waals surface area contributed by atoms with Gasteiger partial charge in [0.1, 0.15) is 4.90 Å². The van der Waals surface area contributed by atoms with Crippen LogP contribution in [0.4, 0.5) is 5.69 Å². The van der Waals surface area contributed by atoms with Crippen LogP contribution < -0.4 is 10.0 Å². The summed E-state index contributed by atoms with van der Waals surface area (Å²) in [5.74, 6) is 0.179. The number of hydrogen-bond acceptors (Lipinski definition) is 3. The van der Waals surface area contributed by atoms with Crippen molar-refractivity contribution in [2.24, 2.45) is 11.8 Å². The molecule has 0 aliphatic heterocycles. The van der Waals surface area contributed by atoms with E-state index in [0.717, 1.165) is 11.1 Å². The summed E-state index contributed by atoms with van der Waals surface area (Å²) in [6.07, 6.45) is 0. The van der Waals surface area contributed by atoms with Crippen molar-refractivity contribution in [2.45, 2.75) is 52.5 Å². The number of amides is 1. The Kier molecular flexibility index (Phi) is 7.35. The minimum atomic E-state index is -3.96. The number of carbonyl (C=O) groups is 1. The SMILES string of the molecule is Cc1ccc(NS(=O)(=O)c2cc(C(=O)NC(C(C)C)C(C)C)ccc2Cl)c(C)c1. The van der Waals surface area contributed by atoms with Crippen LogP contribution in [0, 0.1) is 25.7 Å². The molecule has 0 aliphatic rings. The molecule has 0 bridgehead atoms. The normalized spacial score (nSPS) is 11.9. The van der Waals surface area contributed by atoms with Gasteiger partial charge in [-0.25, -0.2) is 8.42 Å². The zero-order chi connectivity index (χ0) is 21.9. The maximum atomic E-state index is 12.9. The maximum Gasteiger partial charge on any atom is 0.263 e. The average molecular weight is 437 g/mol. The number of benzene rings is 2. The Bertz CT molecular complexity index is 993. The highest BCUT2D eigenvalue weighted by Crippen LogP contribution is 2.27. The molecule has 0 aliphatic carbocycles. The second-order valence-electron chi connectivity index (χ2n) is 8.06. The molecule has 0 spiro atoms. The molecule has 5 nitrogen and oxygen atoms in total. The Balaban J connectivity index is 2.35. The number of carbonyl (C=O) groups excluding carboxylic acids is 1. The largest absolute Gasteiger partial charge is 0.349 e. The maximum absolute atomic E-state index is 12.9. The van der Waals surface area contributed by atoms with Gasteiger partial charge in [-0.1, -0.05) is 57.0 Å². The Morgan fingerprint density at radius 1 is 0.966 bits per heavy atom. The molecular formula is C22H29ClN2O3S. The quantitative estimate of drug-likeness (QED) is 0.628. The Hall–Kier alpha value is -2.05. The summed E-state index contributed by atoms with van der Waals surface area (Å²) in [5, 5.41) is 3.06. The molecule has 2 aromatic carbocycles. The summed E-state index contributed by atoms with van der Waals surface area (Å²) in [4.78, 5) is 12.6. The summed E-state index contributed by atoms with van der Waals surface area (Å²) in [6, 6.07) is 9.70. The fourth-order valence-electron chi connectivity index (χ4n) is 3.32. The van der Waals surface area contributed by atoms with Crippen molar-refractivity contribution in [2.75, 3.05) is 4.72 Å². The minimum Gasteiger partial charge on any atom is -0.349 e. The monoisotopic (exact) mass is 436 g/mol. The standard InChI is InChI=1S/C22H29ClN2O3S/c1-13(2)21(14(3)4)24-22(26)17-8-9-18(23)20(12-17)29(27,28)25-19-10-7-15(5)11-16(19)6/h7-14,21,25H,1-6H3,(H,24,26). The first-order chi connectivity index (χ1) is 13.4. The van der Waals surface area contributed by atoms with E-state index < -0.39 is 10.0 Å². The van der Waals surface area contributed by atoms with Crippen molar-refractivity contribution in [3.63, 3.8) is 0 Å². The van der Waals surface area contributed by atoms with Crippen LogP contribution in [0.15, 0.2) is 41.3 Å². The van der Waals surface area contributed by atoms with Gasteiger partial charge in [0.25, 0.3) is 15.9 Å². The van der Waals surface area contributed by atoms with Gasteiger partial charge in [-0.3, -0.25) is 9.52 Å². The van der Waals surface area contributed by atoms with Crippen molar-refractivity contribution < 1.29 is 13.2 Å². The van der Waals surface area contributed by atoms with Crippen LogP contribution in [0.25, 0.3) is 0 Å². The molecule has 29 heavy (non-hydrogen) atoms. The number of nitrogens with one attached hydrogen (secondary N) is 2. The predicted octanol–water partition coefficient (Wildman–Crippen LogP) is 5.17. The Labute approximate surface area is 178 Å². The molecule has 0 unspecified atom stereocenters. The predicted molar refractivity (Wildman–Crippen MR) is 119 cm³/mol. The number of aryl methyl sites for hydroxylation is 2. The molecule has 0 saturated carbocycles. The molecule has 2 aromatic rings. The molecule has 0 saturated heterocycles. The summed E-state index contributed by atoms with van der Waals surface area (Å²) in [6.45, 7) is 11.9. The zero-order valence-corrected chi connectivity index (χ0v) is 19.3. The molecule has 0 atom stereocenters. The fraction of sp³-hybridized carbons (Fsp3) is 0.409. The van der Waals surface area contributed by atoms with Crippen LogP contribution in [-0.4, -0.2) is 20.4 Å². The first-order valence-corrected chi connectivity index (χ1v) is 11.5. The highest BCUT2D eigenvalue weighted by molar-refractivity contribution is 7.92. The summed E-state index contributed by atoms with van der Waals surface area (Å²) in [7, 11) is -3.96. The molecule has 1 amide bonds. The van der Waals surface area contributed by atoms with Crippen molar-refractivity contribution in [1.29, 1.82) is 0 Å². The van der Waals surface area contributed by atoms with Gasteiger partial charge in [0.2, 0.25) is 0 Å². The van der Waals surface area contributed by atoms with Crippen LogP contribution >= 0.6 is 11.6 Å². The first-order valence-electron chi connectivity index (χ1n) is 9.63. The first kappa shape index (κ1) is 23.2. The van der Waals surface area contributed by atoms with E-state index in [1.54, 1.807) is 6.07 Å². The van der Waals surface area contributed by atoms with Crippen molar-refractivity contribution in [3.8, 4) is 0 Å². The van der Waals surface area contributed by atoms with Gasteiger partial charge >= 0.3 is 0 Å². The van der Waals surface area contributed by atoms with E-state index in [4.69, 9.17) is 11.6 Å². The van der Waals surface area contributed by atoms with Gasteiger partial charge in [-0.15, -0.1) is 0 Å². The van der Waals surface area contributed by atoms with Gasteiger partial charge in [0, 0.05) is 11.6 Å². The second kappa shape index (κ2) is 9.18. The molecule has 0 fully saturated rings. The van der Waals surface area contributed by atoms with Crippen LogP contribution in [0.5, 0.6) is 0 Å². The van der Waals surface area contributed by atoms with E-state index >= 15 is 0 Å². The van der Waals surface area contributed by atoms with E-state index in [1.165, 1.54) is 18.2 Å². The molecule has 2 N–H and O–H groups in total. The smallest absolute Gasteiger partial charge is 0.263 e. The lowest BCUT2D eigenvalue weighted by Gasteiger charge is -2.26. The molecule has 0 radical (unpaired) electrons. The number of hydrogen-bond donors (Lipinski definition) is 2. The third kappa shape index (κ3) is 5.73. The highest BCUT2D eigenvalue weighted by Gasteiger charge is 2.24. The topological polar surface area (TPSA) is 75.3 Å². The van der Waals surface area contributed by atoms with Crippen molar-refractivity contribution >= 4 is 33.2 Å². The number of halogens is 1.